The van der Waals surface area contributed by atoms with Crippen LogP contribution in [0.1, 0.15) is 10.4 Å². The highest BCUT2D eigenvalue weighted by molar-refractivity contribution is 5.98. The molecule has 0 radical (unpaired) electrons. The summed E-state index contributed by atoms with van der Waals surface area (Å²) in [4.78, 5) is 17.1. The first-order valence-corrected chi connectivity index (χ1v) is 8.89. The molecule has 134 valence electrons. The molecule has 1 fully saturated rings. The molecule has 2 aromatic carbocycles. The van der Waals surface area contributed by atoms with E-state index in [4.69, 9.17) is 4.74 Å². The molecule has 0 unspecified atom stereocenters. The summed E-state index contributed by atoms with van der Waals surface area (Å²) >= 11 is 0. The number of ether oxygens (including phenoxy) is 1. The van der Waals surface area contributed by atoms with Gasteiger partial charge in [-0.25, -0.2) is 0 Å². The lowest BCUT2D eigenvalue weighted by Gasteiger charge is -2.36. The van der Waals surface area contributed by atoms with Gasteiger partial charge in [-0.15, -0.1) is 0 Å². The van der Waals surface area contributed by atoms with Crippen LogP contribution in [0.25, 0.3) is 10.9 Å². The van der Waals surface area contributed by atoms with Gasteiger partial charge in [-0.05, 0) is 48.5 Å². The molecule has 1 saturated heterocycles. The largest absolute Gasteiger partial charge is 0.497 e. The van der Waals surface area contributed by atoms with Crippen LogP contribution in [0.2, 0.25) is 0 Å². The summed E-state index contributed by atoms with van der Waals surface area (Å²) in [6.07, 6.45) is 2.02. The summed E-state index contributed by atoms with van der Waals surface area (Å²) in [7, 11) is 3.69. The van der Waals surface area contributed by atoms with Gasteiger partial charge in [-0.1, -0.05) is 0 Å². The summed E-state index contributed by atoms with van der Waals surface area (Å²) in [5.41, 5.74) is 3.08. The standard InChI is InChI=1S/C21H23N3O2/c1-22-10-9-16-15-17(3-8-20(16)22)21(25)24-13-11-23(12-14-24)18-4-6-19(26-2)7-5-18/h3-10,15H,11-14H2,1-2H3. The fourth-order valence-corrected chi connectivity index (χ4v) is 3.56. The molecule has 0 N–H and O–H groups in total. The van der Waals surface area contributed by atoms with E-state index >= 15 is 0 Å². The third-order valence-corrected chi connectivity index (χ3v) is 5.14. The van der Waals surface area contributed by atoms with Crippen LogP contribution in [-0.4, -0.2) is 48.7 Å². The molecule has 5 heteroatoms. The number of amides is 1. The molecular weight excluding hydrogens is 326 g/mol. The summed E-state index contributed by atoms with van der Waals surface area (Å²) in [5, 5.41) is 1.11. The second kappa shape index (κ2) is 6.75. The Bertz CT molecular complexity index is 922. The maximum atomic E-state index is 12.9. The minimum absolute atomic E-state index is 0.116. The molecule has 26 heavy (non-hydrogen) atoms. The zero-order valence-corrected chi connectivity index (χ0v) is 15.2. The van der Waals surface area contributed by atoms with E-state index in [-0.39, 0.29) is 5.91 Å². The highest BCUT2D eigenvalue weighted by atomic mass is 16.5. The number of hydrogen-bond donors (Lipinski definition) is 0. The molecule has 0 bridgehead atoms. The van der Waals surface area contributed by atoms with Gasteiger partial charge in [0.25, 0.3) is 5.91 Å². The van der Waals surface area contributed by atoms with E-state index < -0.39 is 0 Å². The van der Waals surface area contributed by atoms with E-state index in [1.807, 2.05) is 54.5 Å². The van der Waals surface area contributed by atoms with Gasteiger partial charge in [0.15, 0.2) is 0 Å². The molecule has 3 aromatic rings. The topological polar surface area (TPSA) is 37.7 Å². The molecule has 1 amide bonds. The van der Waals surface area contributed by atoms with Gasteiger partial charge in [-0.3, -0.25) is 4.79 Å². The number of aryl methyl sites for hydroxylation is 1. The Balaban J connectivity index is 1.43. The number of benzene rings is 2. The third-order valence-electron chi connectivity index (χ3n) is 5.14. The van der Waals surface area contributed by atoms with Crippen molar-refractivity contribution in [2.75, 3.05) is 38.2 Å². The average molecular weight is 349 g/mol. The monoisotopic (exact) mass is 349 g/mol. The van der Waals surface area contributed by atoms with Crippen molar-refractivity contribution < 1.29 is 9.53 Å². The van der Waals surface area contributed by atoms with Crippen molar-refractivity contribution in [2.45, 2.75) is 0 Å². The summed E-state index contributed by atoms with van der Waals surface area (Å²) < 4.78 is 7.28. The van der Waals surface area contributed by atoms with Crippen LogP contribution in [0.5, 0.6) is 5.75 Å². The number of nitrogens with zero attached hydrogens (tertiary/aromatic N) is 3. The van der Waals surface area contributed by atoms with Crippen LogP contribution >= 0.6 is 0 Å². The maximum Gasteiger partial charge on any atom is 0.253 e. The van der Waals surface area contributed by atoms with Crippen molar-refractivity contribution in [2.24, 2.45) is 7.05 Å². The number of carbonyl (C=O) groups is 1. The molecule has 1 aromatic heterocycles. The normalized spacial score (nSPS) is 14.7. The van der Waals surface area contributed by atoms with Gasteiger partial charge >= 0.3 is 0 Å². The molecule has 0 spiro atoms. The number of fused-ring (bicyclic) bond motifs is 1. The Morgan fingerprint density at radius 2 is 1.69 bits per heavy atom. The van der Waals surface area contributed by atoms with Gasteiger partial charge in [0, 0.05) is 61.6 Å². The van der Waals surface area contributed by atoms with E-state index in [0.717, 1.165) is 48.4 Å². The lowest BCUT2D eigenvalue weighted by Crippen LogP contribution is -2.48. The number of anilines is 1. The lowest BCUT2D eigenvalue weighted by atomic mass is 10.1. The van der Waals surface area contributed by atoms with Crippen molar-refractivity contribution in [1.29, 1.82) is 0 Å². The average Bonchev–Trinajstić information content (AvgIpc) is 3.08. The Morgan fingerprint density at radius 1 is 0.962 bits per heavy atom. The molecule has 2 heterocycles. The van der Waals surface area contributed by atoms with Crippen LogP contribution in [0.3, 0.4) is 0 Å². The Morgan fingerprint density at radius 3 is 2.38 bits per heavy atom. The van der Waals surface area contributed by atoms with Crippen molar-refractivity contribution in [3.63, 3.8) is 0 Å². The van der Waals surface area contributed by atoms with Gasteiger partial charge in [-0.2, -0.15) is 0 Å². The van der Waals surface area contributed by atoms with Crippen LogP contribution < -0.4 is 9.64 Å². The highest BCUT2D eigenvalue weighted by Gasteiger charge is 2.22. The predicted molar refractivity (Wildman–Crippen MR) is 104 cm³/mol. The summed E-state index contributed by atoms with van der Waals surface area (Å²) in [5.74, 6) is 0.976. The minimum atomic E-state index is 0.116. The number of piperazine rings is 1. The van der Waals surface area contributed by atoms with Gasteiger partial charge in [0.2, 0.25) is 0 Å². The molecule has 0 aliphatic carbocycles. The molecule has 4 rings (SSSR count). The Hall–Kier alpha value is -2.95. The molecule has 1 aliphatic rings. The zero-order valence-electron chi connectivity index (χ0n) is 15.2. The van der Waals surface area contributed by atoms with Gasteiger partial charge < -0.3 is 19.1 Å². The predicted octanol–water partition coefficient (Wildman–Crippen LogP) is 3.15. The van der Waals surface area contributed by atoms with Crippen LogP contribution in [0.15, 0.2) is 54.7 Å². The fourth-order valence-electron chi connectivity index (χ4n) is 3.56. The number of methoxy groups -OCH3 is 1. The summed E-state index contributed by atoms with van der Waals surface area (Å²) in [6, 6.07) is 16.1. The van der Waals surface area contributed by atoms with Gasteiger partial charge in [0.1, 0.15) is 5.75 Å². The molecule has 5 nitrogen and oxygen atoms in total. The van der Waals surface area contributed by atoms with E-state index in [1.165, 1.54) is 5.69 Å². The van der Waals surface area contributed by atoms with E-state index in [2.05, 4.69) is 21.6 Å². The van der Waals surface area contributed by atoms with Crippen LogP contribution in [0.4, 0.5) is 5.69 Å². The molecule has 1 aliphatic heterocycles. The van der Waals surface area contributed by atoms with E-state index in [1.54, 1.807) is 7.11 Å². The quantitative estimate of drug-likeness (QED) is 0.729. The number of hydrogen-bond acceptors (Lipinski definition) is 3. The Labute approximate surface area is 153 Å². The first-order valence-electron chi connectivity index (χ1n) is 8.89. The van der Waals surface area contributed by atoms with Crippen molar-refractivity contribution >= 4 is 22.5 Å². The first-order chi connectivity index (χ1) is 12.7. The van der Waals surface area contributed by atoms with E-state index in [0.29, 0.717) is 0 Å². The van der Waals surface area contributed by atoms with Crippen molar-refractivity contribution in [3.05, 3.63) is 60.3 Å². The smallest absolute Gasteiger partial charge is 0.253 e. The molecular formula is C21H23N3O2. The number of aromatic nitrogens is 1. The zero-order chi connectivity index (χ0) is 18.1. The summed E-state index contributed by atoms with van der Waals surface area (Å²) in [6.45, 7) is 3.15. The van der Waals surface area contributed by atoms with Crippen molar-refractivity contribution in [1.82, 2.24) is 9.47 Å². The maximum absolute atomic E-state index is 12.9. The Kier molecular flexibility index (Phi) is 4.29. The third kappa shape index (κ3) is 3.01. The molecule has 0 saturated carbocycles. The van der Waals surface area contributed by atoms with Crippen molar-refractivity contribution in [3.8, 4) is 5.75 Å². The SMILES string of the molecule is COc1ccc(N2CCN(C(=O)c3ccc4c(ccn4C)c3)CC2)cc1. The van der Waals surface area contributed by atoms with Crippen LogP contribution in [0, 0.1) is 0 Å². The minimum Gasteiger partial charge on any atom is -0.497 e. The van der Waals surface area contributed by atoms with Crippen LogP contribution in [-0.2, 0) is 7.05 Å². The van der Waals surface area contributed by atoms with Gasteiger partial charge in [0.05, 0.1) is 7.11 Å². The molecule has 0 atom stereocenters. The number of rotatable bonds is 3. The highest BCUT2D eigenvalue weighted by Crippen LogP contribution is 2.22. The fraction of sp³-hybridized carbons (Fsp3) is 0.286. The number of carbonyl (C=O) groups excluding carboxylic acids is 1. The second-order valence-electron chi connectivity index (χ2n) is 6.68. The lowest BCUT2D eigenvalue weighted by molar-refractivity contribution is 0.0747. The van der Waals surface area contributed by atoms with E-state index in [9.17, 15) is 4.79 Å². The second-order valence-corrected chi connectivity index (χ2v) is 6.68. The first kappa shape index (κ1) is 16.5.